The lowest BCUT2D eigenvalue weighted by Crippen LogP contribution is -2.33. The van der Waals surface area contributed by atoms with E-state index in [1.807, 2.05) is 50.8 Å². The highest BCUT2D eigenvalue weighted by molar-refractivity contribution is 5.72. The first-order chi connectivity index (χ1) is 14.9. The summed E-state index contributed by atoms with van der Waals surface area (Å²) in [5.41, 5.74) is 2.91. The predicted octanol–water partition coefficient (Wildman–Crippen LogP) is 3.03. The van der Waals surface area contributed by atoms with Gasteiger partial charge in [-0.1, -0.05) is 0 Å². The standard InChI is InChI=1S/C21H30N8O2/c1-13(2)23-21(30)31-16-6-5-14(9-16)17-11-19(26-25-17)24-20-18-10-15(12-28(3)4)27-29(18)8-7-22-20/h7-8,10-11,13-14,16H,5-6,9,12H2,1-4H3,(H,23,30)(H2,22,24,25,26). The van der Waals surface area contributed by atoms with Crippen LogP contribution in [0.2, 0.25) is 0 Å². The highest BCUT2D eigenvalue weighted by Crippen LogP contribution is 2.36. The largest absolute Gasteiger partial charge is 0.446 e. The zero-order chi connectivity index (χ0) is 22.0. The summed E-state index contributed by atoms with van der Waals surface area (Å²) in [5, 5.41) is 18.2. The molecule has 1 aliphatic carbocycles. The molecule has 3 aromatic heterocycles. The van der Waals surface area contributed by atoms with Crippen molar-refractivity contribution in [3.05, 3.63) is 35.9 Å². The molecule has 10 heteroatoms. The molecule has 0 saturated heterocycles. The summed E-state index contributed by atoms with van der Waals surface area (Å²) in [6, 6.07) is 4.10. The van der Waals surface area contributed by atoms with Crippen molar-refractivity contribution < 1.29 is 9.53 Å². The van der Waals surface area contributed by atoms with E-state index >= 15 is 0 Å². The second kappa shape index (κ2) is 8.93. The van der Waals surface area contributed by atoms with Crippen LogP contribution in [0.25, 0.3) is 5.52 Å². The fraction of sp³-hybridized carbons (Fsp3) is 0.524. The highest BCUT2D eigenvalue weighted by atomic mass is 16.6. The van der Waals surface area contributed by atoms with Crippen molar-refractivity contribution in [2.24, 2.45) is 0 Å². The molecular formula is C21H30N8O2. The number of H-pyrrole nitrogens is 1. The lowest BCUT2D eigenvalue weighted by Gasteiger charge is -2.14. The van der Waals surface area contributed by atoms with E-state index in [-0.39, 0.29) is 24.2 Å². The molecule has 0 radical (unpaired) electrons. The maximum absolute atomic E-state index is 11.8. The SMILES string of the molecule is CC(C)NC(=O)OC1CCC(c2cc(Nc3nccn4nc(CN(C)C)cc34)n[nH]2)C1. The molecule has 0 bridgehead atoms. The molecule has 1 saturated carbocycles. The Hall–Kier alpha value is -3.14. The average Bonchev–Trinajstić information content (AvgIpc) is 3.40. The van der Waals surface area contributed by atoms with Crippen LogP contribution in [-0.4, -0.2) is 62.0 Å². The molecule has 2 atom stereocenters. The van der Waals surface area contributed by atoms with E-state index in [9.17, 15) is 4.79 Å². The molecular weight excluding hydrogens is 396 g/mol. The number of fused-ring (bicyclic) bond motifs is 1. The van der Waals surface area contributed by atoms with Crippen LogP contribution in [0.4, 0.5) is 16.4 Å². The van der Waals surface area contributed by atoms with Crippen molar-refractivity contribution in [3.63, 3.8) is 0 Å². The molecule has 0 aliphatic heterocycles. The van der Waals surface area contributed by atoms with Gasteiger partial charge in [0, 0.05) is 42.7 Å². The quantitative estimate of drug-likeness (QED) is 0.532. The summed E-state index contributed by atoms with van der Waals surface area (Å²) in [7, 11) is 4.03. The Kier molecular flexibility index (Phi) is 6.08. The van der Waals surface area contributed by atoms with Gasteiger partial charge in [0.25, 0.3) is 0 Å². The maximum Gasteiger partial charge on any atom is 0.407 e. The molecule has 0 spiro atoms. The molecule has 3 N–H and O–H groups in total. The molecule has 31 heavy (non-hydrogen) atoms. The Balaban J connectivity index is 1.41. The van der Waals surface area contributed by atoms with Crippen molar-refractivity contribution >= 4 is 23.2 Å². The van der Waals surface area contributed by atoms with Crippen LogP contribution in [-0.2, 0) is 11.3 Å². The minimum absolute atomic E-state index is 0.0683. The molecule has 3 heterocycles. The van der Waals surface area contributed by atoms with Gasteiger partial charge in [0.05, 0.1) is 5.69 Å². The molecule has 2 unspecified atom stereocenters. The summed E-state index contributed by atoms with van der Waals surface area (Å²) >= 11 is 0. The van der Waals surface area contributed by atoms with Gasteiger partial charge in [-0.3, -0.25) is 5.10 Å². The third-order valence-electron chi connectivity index (χ3n) is 5.27. The third kappa shape index (κ3) is 5.13. The molecule has 4 rings (SSSR count). The van der Waals surface area contributed by atoms with E-state index in [0.29, 0.717) is 11.6 Å². The first kappa shape index (κ1) is 21.1. The Labute approximate surface area is 181 Å². The van der Waals surface area contributed by atoms with Crippen LogP contribution >= 0.6 is 0 Å². The molecule has 1 aliphatic rings. The number of rotatable bonds is 7. The summed E-state index contributed by atoms with van der Waals surface area (Å²) < 4.78 is 7.35. The van der Waals surface area contributed by atoms with E-state index in [1.54, 1.807) is 6.20 Å². The highest BCUT2D eigenvalue weighted by Gasteiger charge is 2.30. The van der Waals surface area contributed by atoms with Gasteiger partial charge in [-0.2, -0.15) is 10.2 Å². The number of hydrogen-bond acceptors (Lipinski definition) is 7. The monoisotopic (exact) mass is 426 g/mol. The topological polar surface area (TPSA) is 112 Å². The molecule has 3 aromatic rings. The van der Waals surface area contributed by atoms with Crippen molar-refractivity contribution in [1.82, 2.24) is 35.0 Å². The van der Waals surface area contributed by atoms with Gasteiger partial charge in [0.15, 0.2) is 11.6 Å². The number of amides is 1. The van der Waals surface area contributed by atoms with Gasteiger partial charge in [0.1, 0.15) is 11.6 Å². The van der Waals surface area contributed by atoms with Crippen LogP contribution < -0.4 is 10.6 Å². The van der Waals surface area contributed by atoms with Gasteiger partial charge < -0.3 is 20.3 Å². The van der Waals surface area contributed by atoms with E-state index in [1.165, 1.54) is 0 Å². The lowest BCUT2D eigenvalue weighted by molar-refractivity contribution is 0.0981. The first-order valence-electron chi connectivity index (χ1n) is 10.6. The number of ether oxygens (including phenoxy) is 1. The number of nitrogens with zero attached hydrogens (tertiary/aromatic N) is 5. The van der Waals surface area contributed by atoms with Crippen LogP contribution in [0.5, 0.6) is 0 Å². The number of hydrogen-bond donors (Lipinski definition) is 3. The second-order valence-corrected chi connectivity index (χ2v) is 8.65. The zero-order valence-corrected chi connectivity index (χ0v) is 18.4. The minimum Gasteiger partial charge on any atom is -0.446 e. The van der Waals surface area contributed by atoms with Crippen LogP contribution in [0.3, 0.4) is 0 Å². The fourth-order valence-corrected chi connectivity index (χ4v) is 3.95. The number of alkyl carbamates (subject to hydrolysis) is 1. The number of carbonyl (C=O) groups excluding carboxylic acids is 1. The van der Waals surface area contributed by atoms with Crippen LogP contribution in [0, 0.1) is 0 Å². The molecule has 0 aromatic carbocycles. The second-order valence-electron chi connectivity index (χ2n) is 8.65. The Bertz CT molecular complexity index is 1040. The van der Waals surface area contributed by atoms with Crippen LogP contribution in [0.15, 0.2) is 24.5 Å². The Morgan fingerprint density at radius 2 is 2.19 bits per heavy atom. The van der Waals surface area contributed by atoms with Crippen molar-refractivity contribution in [2.75, 3.05) is 19.4 Å². The number of aromatic amines is 1. The number of anilines is 2. The van der Waals surface area contributed by atoms with Gasteiger partial charge >= 0.3 is 6.09 Å². The average molecular weight is 427 g/mol. The smallest absolute Gasteiger partial charge is 0.407 e. The van der Waals surface area contributed by atoms with E-state index in [2.05, 4.69) is 35.8 Å². The molecule has 166 valence electrons. The summed E-state index contributed by atoms with van der Waals surface area (Å²) in [6.45, 7) is 4.59. The first-order valence-corrected chi connectivity index (χ1v) is 10.6. The number of carbonyl (C=O) groups is 1. The lowest BCUT2D eigenvalue weighted by atomic mass is 10.0. The zero-order valence-electron chi connectivity index (χ0n) is 18.4. The normalized spacial score (nSPS) is 18.8. The number of aromatic nitrogens is 5. The van der Waals surface area contributed by atoms with Crippen molar-refractivity contribution in [3.8, 4) is 0 Å². The predicted molar refractivity (Wildman–Crippen MR) is 117 cm³/mol. The van der Waals surface area contributed by atoms with Gasteiger partial charge in [0.2, 0.25) is 0 Å². The van der Waals surface area contributed by atoms with E-state index < -0.39 is 0 Å². The van der Waals surface area contributed by atoms with Gasteiger partial charge in [-0.15, -0.1) is 0 Å². The summed E-state index contributed by atoms with van der Waals surface area (Å²) in [4.78, 5) is 18.4. The van der Waals surface area contributed by atoms with Crippen LogP contribution in [0.1, 0.15) is 50.4 Å². The Morgan fingerprint density at radius 3 is 2.97 bits per heavy atom. The third-order valence-corrected chi connectivity index (χ3v) is 5.27. The fourth-order valence-electron chi connectivity index (χ4n) is 3.95. The molecule has 10 nitrogen and oxygen atoms in total. The minimum atomic E-state index is -0.346. The summed E-state index contributed by atoms with van der Waals surface area (Å²) in [6.07, 6.45) is 5.73. The van der Waals surface area contributed by atoms with Gasteiger partial charge in [-0.25, -0.2) is 14.3 Å². The number of nitrogens with one attached hydrogen (secondary N) is 3. The van der Waals surface area contributed by atoms with Gasteiger partial charge in [-0.05, 0) is 53.3 Å². The maximum atomic E-state index is 11.8. The van der Waals surface area contributed by atoms with E-state index in [0.717, 1.165) is 42.7 Å². The molecule has 1 amide bonds. The van der Waals surface area contributed by atoms with Crippen molar-refractivity contribution in [2.45, 2.75) is 57.7 Å². The van der Waals surface area contributed by atoms with E-state index in [4.69, 9.17) is 4.74 Å². The summed E-state index contributed by atoms with van der Waals surface area (Å²) in [5.74, 6) is 1.69. The Morgan fingerprint density at radius 1 is 1.35 bits per heavy atom. The molecule has 1 fully saturated rings. The van der Waals surface area contributed by atoms with Crippen molar-refractivity contribution in [1.29, 1.82) is 0 Å².